The van der Waals surface area contributed by atoms with Crippen molar-refractivity contribution in [2.75, 3.05) is 0 Å². The second-order valence-corrected chi connectivity index (χ2v) is 7.92. The lowest BCUT2D eigenvalue weighted by Gasteiger charge is -2.26. The second kappa shape index (κ2) is 8.39. The zero-order valence-corrected chi connectivity index (χ0v) is 15.9. The lowest BCUT2D eigenvalue weighted by Crippen LogP contribution is -2.39. The monoisotopic (exact) mass is 359 g/mol. The third-order valence-corrected chi connectivity index (χ3v) is 4.51. The number of esters is 1. The van der Waals surface area contributed by atoms with E-state index in [4.69, 9.17) is 9.47 Å². The summed E-state index contributed by atoms with van der Waals surface area (Å²) in [5, 5.41) is 2.87. The summed E-state index contributed by atoms with van der Waals surface area (Å²) in [4.78, 5) is 24.8. The van der Waals surface area contributed by atoms with E-state index in [9.17, 15) is 9.59 Å². The van der Waals surface area contributed by atoms with Crippen molar-refractivity contribution in [1.82, 2.24) is 5.32 Å². The molecule has 0 saturated heterocycles. The van der Waals surface area contributed by atoms with Crippen LogP contribution in [0.25, 0.3) is 0 Å². The molecule has 1 aromatic carbocycles. The Bertz CT molecular complexity index is 635. The number of allylic oxidation sites excluding steroid dienone is 1. The summed E-state index contributed by atoms with van der Waals surface area (Å²) in [6.45, 7) is 9.51. The van der Waals surface area contributed by atoms with Crippen LogP contribution >= 0.6 is 0 Å². The van der Waals surface area contributed by atoms with Gasteiger partial charge in [-0.15, -0.1) is 6.58 Å². The first-order valence-corrected chi connectivity index (χ1v) is 9.06. The Balaban J connectivity index is 1.95. The first-order chi connectivity index (χ1) is 12.2. The number of benzene rings is 1. The number of nitrogens with one attached hydrogen (secondary N) is 1. The molecule has 1 fully saturated rings. The van der Waals surface area contributed by atoms with Gasteiger partial charge in [-0.25, -0.2) is 4.79 Å². The lowest BCUT2D eigenvalue weighted by molar-refractivity contribution is -0.157. The van der Waals surface area contributed by atoms with Crippen molar-refractivity contribution in [2.24, 2.45) is 5.41 Å². The molecular weight excluding hydrogens is 330 g/mol. The van der Waals surface area contributed by atoms with Crippen LogP contribution in [0.5, 0.6) is 0 Å². The van der Waals surface area contributed by atoms with Gasteiger partial charge in [0, 0.05) is 6.04 Å². The van der Waals surface area contributed by atoms with E-state index in [0.717, 1.165) is 5.56 Å². The van der Waals surface area contributed by atoms with Crippen LogP contribution < -0.4 is 5.32 Å². The predicted molar refractivity (Wildman–Crippen MR) is 100 cm³/mol. The van der Waals surface area contributed by atoms with Gasteiger partial charge in [0.25, 0.3) is 0 Å². The first-order valence-electron chi connectivity index (χ1n) is 9.06. The highest BCUT2D eigenvalue weighted by Gasteiger charge is 2.46. The zero-order valence-electron chi connectivity index (χ0n) is 15.9. The van der Waals surface area contributed by atoms with Crippen molar-refractivity contribution in [1.29, 1.82) is 0 Å². The van der Waals surface area contributed by atoms with Gasteiger partial charge in [0.1, 0.15) is 12.2 Å². The highest BCUT2D eigenvalue weighted by Crippen LogP contribution is 2.43. The van der Waals surface area contributed by atoms with Crippen LogP contribution in [0.4, 0.5) is 4.79 Å². The fourth-order valence-corrected chi connectivity index (χ4v) is 3.33. The standard InChI is InChI=1S/C21H29NO4/c1-5-12-21(18(23)25-15-16-9-7-6-8-10-16)13-11-17(14-21)22-19(24)26-20(2,3)4/h5-10,17H,1,11-15H2,2-4H3,(H,22,24)/t17-,21+/m1/s1. The van der Waals surface area contributed by atoms with Gasteiger partial charge in [-0.2, -0.15) is 0 Å². The minimum Gasteiger partial charge on any atom is -0.460 e. The number of hydrogen-bond acceptors (Lipinski definition) is 4. The van der Waals surface area contributed by atoms with E-state index in [-0.39, 0.29) is 18.6 Å². The molecule has 1 aliphatic carbocycles. The van der Waals surface area contributed by atoms with Gasteiger partial charge in [0.05, 0.1) is 5.41 Å². The van der Waals surface area contributed by atoms with E-state index in [1.165, 1.54) is 0 Å². The molecule has 1 N–H and O–H groups in total. The van der Waals surface area contributed by atoms with Gasteiger partial charge in [0.2, 0.25) is 0 Å². The SMILES string of the molecule is C=CC[C@]1(C(=O)OCc2ccccc2)CC[C@@H](NC(=O)OC(C)(C)C)C1. The highest BCUT2D eigenvalue weighted by molar-refractivity contribution is 5.78. The summed E-state index contributed by atoms with van der Waals surface area (Å²) in [7, 11) is 0. The number of hydrogen-bond donors (Lipinski definition) is 1. The maximum atomic E-state index is 12.8. The van der Waals surface area contributed by atoms with Crippen LogP contribution in [0.1, 0.15) is 52.0 Å². The summed E-state index contributed by atoms with van der Waals surface area (Å²) in [6.07, 6.45) is 3.74. The maximum absolute atomic E-state index is 12.8. The molecule has 1 aliphatic rings. The summed E-state index contributed by atoms with van der Waals surface area (Å²) in [6, 6.07) is 9.50. The van der Waals surface area contributed by atoms with E-state index in [1.54, 1.807) is 6.08 Å². The van der Waals surface area contributed by atoms with E-state index in [1.807, 2.05) is 51.1 Å². The predicted octanol–water partition coefficient (Wildman–Crippen LogP) is 4.37. The summed E-state index contributed by atoms with van der Waals surface area (Å²) < 4.78 is 10.9. The van der Waals surface area contributed by atoms with Crippen LogP contribution in [0, 0.1) is 5.41 Å². The molecule has 1 saturated carbocycles. The smallest absolute Gasteiger partial charge is 0.407 e. The Labute approximate surface area is 155 Å². The number of rotatable bonds is 6. The normalized spacial score (nSPS) is 22.5. The molecule has 0 heterocycles. The molecule has 2 atom stereocenters. The Morgan fingerprint density at radius 2 is 2.00 bits per heavy atom. The van der Waals surface area contributed by atoms with Gasteiger partial charge in [-0.1, -0.05) is 36.4 Å². The van der Waals surface area contributed by atoms with E-state index in [0.29, 0.717) is 25.7 Å². The van der Waals surface area contributed by atoms with Crippen molar-refractivity contribution in [2.45, 2.75) is 64.7 Å². The van der Waals surface area contributed by atoms with Crippen LogP contribution in [-0.4, -0.2) is 23.7 Å². The fourth-order valence-electron chi connectivity index (χ4n) is 3.33. The zero-order chi connectivity index (χ0) is 19.2. The fraction of sp³-hybridized carbons (Fsp3) is 0.524. The van der Waals surface area contributed by atoms with Gasteiger partial charge in [-0.3, -0.25) is 4.79 Å². The molecule has 0 aliphatic heterocycles. The van der Waals surface area contributed by atoms with Gasteiger partial charge in [-0.05, 0) is 52.0 Å². The second-order valence-electron chi connectivity index (χ2n) is 7.92. The van der Waals surface area contributed by atoms with E-state index < -0.39 is 17.1 Å². The van der Waals surface area contributed by atoms with E-state index >= 15 is 0 Å². The molecule has 0 spiro atoms. The van der Waals surface area contributed by atoms with Gasteiger partial charge >= 0.3 is 12.1 Å². The Morgan fingerprint density at radius 3 is 2.62 bits per heavy atom. The Morgan fingerprint density at radius 1 is 1.31 bits per heavy atom. The van der Waals surface area contributed by atoms with Crippen molar-refractivity contribution in [3.63, 3.8) is 0 Å². The van der Waals surface area contributed by atoms with Gasteiger partial charge < -0.3 is 14.8 Å². The van der Waals surface area contributed by atoms with E-state index in [2.05, 4.69) is 11.9 Å². The minimum absolute atomic E-state index is 0.103. The number of carbonyl (C=O) groups is 2. The number of carbonyl (C=O) groups excluding carboxylic acids is 2. The summed E-state index contributed by atoms with van der Waals surface area (Å²) >= 11 is 0. The highest BCUT2D eigenvalue weighted by atomic mass is 16.6. The van der Waals surface area contributed by atoms with Crippen molar-refractivity contribution in [3.8, 4) is 0 Å². The third-order valence-electron chi connectivity index (χ3n) is 4.51. The summed E-state index contributed by atoms with van der Waals surface area (Å²) in [5.41, 5.74) is -0.220. The molecule has 5 heteroatoms. The minimum atomic E-state index is -0.629. The van der Waals surface area contributed by atoms with Crippen LogP contribution in [0.15, 0.2) is 43.0 Å². The molecule has 1 amide bonds. The Hall–Kier alpha value is -2.30. The number of ether oxygens (including phenoxy) is 2. The van der Waals surface area contributed by atoms with Crippen molar-refractivity contribution >= 4 is 12.1 Å². The average Bonchev–Trinajstić information content (AvgIpc) is 2.96. The largest absolute Gasteiger partial charge is 0.460 e. The Kier molecular flexibility index (Phi) is 6.46. The maximum Gasteiger partial charge on any atom is 0.407 e. The number of amides is 1. The molecule has 0 radical (unpaired) electrons. The quantitative estimate of drug-likeness (QED) is 0.605. The molecular formula is C21H29NO4. The van der Waals surface area contributed by atoms with Crippen LogP contribution in [-0.2, 0) is 20.9 Å². The summed E-state index contributed by atoms with van der Waals surface area (Å²) in [5.74, 6) is -0.227. The van der Waals surface area contributed by atoms with Crippen LogP contribution in [0.3, 0.4) is 0 Å². The molecule has 5 nitrogen and oxygen atoms in total. The molecule has 0 unspecified atom stereocenters. The van der Waals surface area contributed by atoms with Gasteiger partial charge in [0.15, 0.2) is 0 Å². The van der Waals surface area contributed by atoms with Crippen LogP contribution in [0.2, 0.25) is 0 Å². The molecule has 0 aromatic heterocycles. The molecule has 26 heavy (non-hydrogen) atoms. The number of alkyl carbamates (subject to hydrolysis) is 1. The molecule has 142 valence electrons. The molecule has 1 aromatic rings. The van der Waals surface area contributed by atoms with Crippen molar-refractivity contribution in [3.05, 3.63) is 48.6 Å². The third kappa shape index (κ3) is 5.61. The first kappa shape index (κ1) is 20.0. The molecule has 2 rings (SSSR count). The van der Waals surface area contributed by atoms with Crippen molar-refractivity contribution < 1.29 is 19.1 Å². The topological polar surface area (TPSA) is 64.6 Å². The lowest BCUT2D eigenvalue weighted by atomic mass is 9.82. The average molecular weight is 359 g/mol. The molecule has 0 bridgehead atoms.